The summed E-state index contributed by atoms with van der Waals surface area (Å²) in [7, 11) is -2.43. The van der Waals surface area contributed by atoms with Gasteiger partial charge in [0.15, 0.2) is 0 Å². The van der Waals surface area contributed by atoms with Crippen LogP contribution in [-0.2, 0) is 10.0 Å². The molecule has 27 heavy (non-hydrogen) atoms. The Morgan fingerprint density at radius 1 is 1.11 bits per heavy atom. The van der Waals surface area contributed by atoms with E-state index in [1.165, 1.54) is 37.4 Å². The first-order chi connectivity index (χ1) is 12.5. The van der Waals surface area contributed by atoms with Crippen LogP contribution in [0.3, 0.4) is 0 Å². The van der Waals surface area contributed by atoms with Crippen LogP contribution in [0.25, 0.3) is 0 Å². The lowest BCUT2D eigenvalue weighted by Gasteiger charge is -2.32. The van der Waals surface area contributed by atoms with Crippen molar-refractivity contribution in [1.82, 2.24) is 10.0 Å². The summed E-state index contributed by atoms with van der Waals surface area (Å²) in [6.45, 7) is 5.81. The number of benzene rings is 2. The van der Waals surface area contributed by atoms with Crippen LogP contribution in [0.1, 0.15) is 42.7 Å². The first-order valence-corrected chi connectivity index (χ1v) is 10.1. The first kappa shape index (κ1) is 21.3. The van der Waals surface area contributed by atoms with Crippen LogP contribution in [0.2, 0.25) is 5.02 Å². The van der Waals surface area contributed by atoms with Crippen LogP contribution >= 0.6 is 11.6 Å². The normalized spacial score (nSPS) is 13.3. The van der Waals surface area contributed by atoms with Crippen molar-refractivity contribution < 1.29 is 17.6 Å². The molecule has 0 bridgehead atoms. The van der Waals surface area contributed by atoms with Crippen LogP contribution in [0, 0.1) is 11.2 Å². The molecule has 0 radical (unpaired) electrons. The van der Waals surface area contributed by atoms with E-state index < -0.39 is 22.0 Å². The van der Waals surface area contributed by atoms with Gasteiger partial charge in [-0.2, -0.15) is 0 Å². The molecule has 0 saturated carbocycles. The highest BCUT2D eigenvalue weighted by molar-refractivity contribution is 7.89. The van der Waals surface area contributed by atoms with Crippen molar-refractivity contribution in [2.45, 2.75) is 31.7 Å². The largest absolute Gasteiger partial charge is 0.345 e. The van der Waals surface area contributed by atoms with Gasteiger partial charge in [-0.05, 0) is 48.4 Å². The first-order valence-electron chi connectivity index (χ1n) is 8.25. The zero-order valence-corrected chi connectivity index (χ0v) is 17.1. The lowest BCUT2D eigenvalue weighted by Crippen LogP contribution is -2.37. The fourth-order valence-electron chi connectivity index (χ4n) is 2.63. The van der Waals surface area contributed by atoms with Gasteiger partial charge in [0.25, 0.3) is 5.91 Å². The molecule has 0 heterocycles. The van der Waals surface area contributed by atoms with Gasteiger partial charge in [0.05, 0.1) is 21.5 Å². The molecule has 0 saturated heterocycles. The van der Waals surface area contributed by atoms with Gasteiger partial charge in [0, 0.05) is 0 Å². The summed E-state index contributed by atoms with van der Waals surface area (Å²) in [5.41, 5.74) is 0.394. The second-order valence-corrected chi connectivity index (χ2v) is 9.47. The molecule has 0 aliphatic carbocycles. The third-order valence-corrected chi connectivity index (χ3v) is 5.85. The highest BCUT2D eigenvalue weighted by atomic mass is 35.5. The van der Waals surface area contributed by atoms with E-state index in [0.717, 1.165) is 5.56 Å². The molecule has 2 aromatic carbocycles. The van der Waals surface area contributed by atoms with Gasteiger partial charge in [0.2, 0.25) is 10.0 Å². The molecule has 0 fully saturated rings. The maximum Gasteiger partial charge on any atom is 0.253 e. The van der Waals surface area contributed by atoms with E-state index in [1.807, 2.05) is 20.8 Å². The standard InChI is InChI=1S/C19H22ClFN2O3S/c1-19(2,3)17(12-5-7-13(21)8-6-12)23-18(24)15-11-14(9-10-16(15)20)27(25,26)22-4/h5-11,17,22H,1-4H3,(H,23,24). The molecule has 1 unspecified atom stereocenters. The number of hydrogen-bond donors (Lipinski definition) is 2. The van der Waals surface area contributed by atoms with Crippen molar-refractivity contribution in [3.05, 3.63) is 64.4 Å². The number of hydrogen-bond acceptors (Lipinski definition) is 3. The Morgan fingerprint density at radius 2 is 1.70 bits per heavy atom. The van der Waals surface area contributed by atoms with Gasteiger partial charge < -0.3 is 5.32 Å². The molecule has 2 aromatic rings. The third-order valence-electron chi connectivity index (χ3n) is 4.11. The minimum absolute atomic E-state index is 0.0457. The highest BCUT2D eigenvalue weighted by Gasteiger charge is 2.29. The van der Waals surface area contributed by atoms with Crippen molar-refractivity contribution in [3.63, 3.8) is 0 Å². The molecular formula is C19H22ClFN2O3S. The van der Waals surface area contributed by atoms with E-state index in [9.17, 15) is 17.6 Å². The minimum Gasteiger partial charge on any atom is -0.345 e. The molecular weight excluding hydrogens is 391 g/mol. The molecule has 0 aliphatic rings. The van der Waals surface area contributed by atoms with Crippen molar-refractivity contribution in [2.24, 2.45) is 5.41 Å². The van der Waals surface area contributed by atoms with Crippen LogP contribution in [0.4, 0.5) is 4.39 Å². The predicted octanol–water partition coefficient (Wildman–Crippen LogP) is 3.90. The molecule has 1 atom stereocenters. The van der Waals surface area contributed by atoms with Crippen molar-refractivity contribution in [3.8, 4) is 0 Å². The number of rotatable bonds is 5. The minimum atomic E-state index is -3.72. The number of halogens is 2. The maximum absolute atomic E-state index is 13.2. The van der Waals surface area contributed by atoms with E-state index >= 15 is 0 Å². The molecule has 1 amide bonds. The van der Waals surface area contributed by atoms with Crippen LogP contribution < -0.4 is 10.0 Å². The maximum atomic E-state index is 13.2. The number of sulfonamides is 1. The fraction of sp³-hybridized carbons (Fsp3) is 0.316. The summed E-state index contributed by atoms with van der Waals surface area (Å²) in [5, 5.41) is 3.02. The van der Waals surface area contributed by atoms with E-state index in [4.69, 9.17) is 11.6 Å². The van der Waals surface area contributed by atoms with Gasteiger partial charge in [-0.25, -0.2) is 17.5 Å². The number of carbonyl (C=O) groups is 1. The van der Waals surface area contributed by atoms with E-state index in [0.29, 0.717) is 0 Å². The highest BCUT2D eigenvalue weighted by Crippen LogP contribution is 2.33. The zero-order chi connectivity index (χ0) is 20.4. The van der Waals surface area contributed by atoms with Gasteiger partial charge in [0.1, 0.15) is 5.82 Å². The quantitative estimate of drug-likeness (QED) is 0.781. The molecule has 8 heteroatoms. The van der Waals surface area contributed by atoms with Gasteiger partial charge in [-0.1, -0.05) is 44.5 Å². The second-order valence-electron chi connectivity index (χ2n) is 7.17. The average Bonchev–Trinajstić information content (AvgIpc) is 2.59. The molecule has 5 nitrogen and oxygen atoms in total. The topological polar surface area (TPSA) is 75.3 Å². The molecule has 0 aromatic heterocycles. The predicted molar refractivity (Wildman–Crippen MR) is 104 cm³/mol. The Morgan fingerprint density at radius 3 is 2.22 bits per heavy atom. The zero-order valence-electron chi connectivity index (χ0n) is 15.5. The van der Waals surface area contributed by atoms with Crippen molar-refractivity contribution in [1.29, 1.82) is 0 Å². The van der Waals surface area contributed by atoms with Crippen molar-refractivity contribution in [2.75, 3.05) is 7.05 Å². The van der Waals surface area contributed by atoms with Crippen LogP contribution in [-0.4, -0.2) is 21.4 Å². The molecule has 2 N–H and O–H groups in total. The van der Waals surface area contributed by atoms with Gasteiger partial charge >= 0.3 is 0 Å². The van der Waals surface area contributed by atoms with Crippen LogP contribution in [0.15, 0.2) is 47.4 Å². The van der Waals surface area contributed by atoms with Gasteiger partial charge in [-0.15, -0.1) is 0 Å². The number of carbonyl (C=O) groups excluding carboxylic acids is 1. The third kappa shape index (κ3) is 5.06. The van der Waals surface area contributed by atoms with E-state index in [-0.39, 0.29) is 26.7 Å². The number of nitrogens with one attached hydrogen (secondary N) is 2. The molecule has 2 rings (SSSR count). The number of amides is 1. The lowest BCUT2D eigenvalue weighted by molar-refractivity contribution is 0.0901. The van der Waals surface area contributed by atoms with Gasteiger partial charge in [-0.3, -0.25) is 4.79 Å². The van der Waals surface area contributed by atoms with E-state index in [1.54, 1.807) is 12.1 Å². The average molecular weight is 413 g/mol. The Hall–Kier alpha value is -1.96. The Labute approximate surface area is 164 Å². The summed E-state index contributed by atoms with van der Waals surface area (Å²) >= 11 is 6.12. The Kier molecular flexibility index (Phi) is 6.29. The second kappa shape index (κ2) is 7.96. The van der Waals surface area contributed by atoms with Crippen LogP contribution in [0.5, 0.6) is 0 Å². The molecule has 0 spiro atoms. The van der Waals surface area contributed by atoms with Crippen molar-refractivity contribution >= 4 is 27.5 Å². The smallest absolute Gasteiger partial charge is 0.253 e. The monoisotopic (exact) mass is 412 g/mol. The van der Waals surface area contributed by atoms with E-state index in [2.05, 4.69) is 10.0 Å². The fourth-order valence-corrected chi connectivity index (χ4v) is 3.59. The summed E-state index contributed by atoms with van der Waals surface area (Å²) in [4.78, 5) is 12.8. The summed E-state index contributed by atoms with van der Waals surface area (Å²) in [6, 6.07) is 9.35. The lowest BCUT2D eigenvalue weighted by atomic mass is 9.82. The summed E-state index contributed by atoms with van der Waals surface area (Å²) < 4.78 is 39.5. The summed E-state index contributed by atoms with van der Waals surface area (Å²) in [5.74, 6) is -0.886. The SMILES string of the molecule is CNS(=O)(=O)c1ccc(Cl)c(C(=O)NC(c2ccc(F)cc2)C(C)(C)C)c1. The molecule has 0 aliphatic heterocycles. The molecule has 146 valence electrons. The summed E-state index contributed by atoms with van der Waals surface area (Å²) in [6.07, 6.45) is 0. The Balaban J connectivity index is 2.41. The Bertz CT molecular complexity index is 938.